The summed E-state index contributed by atoms with van der Waals surface area (Å²) in [6.07, 6.45) is 3.83. The molecule has 2 rings (SSSR count). The van der Waals surface area contributed by atoms with Crippen LogP contribution in [0.15, 0.2) is 42.6 Å². The first-order valence-corrected chi connectivity index (χ1v) is 7.68. The predicted octanol–water partition coefficient (Wildman–Crippen LogP) is 3.32. The van der Waals surface area contributed by atoms with E-state index >= 15 is 0 Å². The molecule has 0 aliphatic carbocycles. The number of aromatic nitrogens is 1. The van der Waals surface area contributed by atoms with Crippen molar-refractivity contribution in [1.82, 2.24) is 10.3 Å². The third-order valence-corrected chi connectivity index (χ3v) is 3.49. The summed E-state index contributed by atoms with van der Waals surface area (Å²) in [6.45, 7) is 2.83. The summed E-state index contributed by atoms with van der Waals surface area (Å²) in [5, 5.41) is 6.87. The van der Waals surface area contributed by atoms with Gasteiger partial charge in [0.1, 0.15) is 11.6 Å². The van der Waals surface area contributed by atoms with E-state index in [4.69, 9.17) is 17.0 Å². The van der Waals surface area contributed by atoms with Gasteiger partial charge in [-0.05, 0) is 61.3 Å². The monoisotopic (exact) mass is 315 g/mol. The number of anilines is 1. The van der Waals surface area contributed by atoms with Crippen molar-refractivity contribution in [2.24, 2.45) is 0 Å². The van der Waals surface area contributed by atoms with Gasteiger partial charge < -0.3 is 15.4 Å². The molecule has 0 bridgehead atoms. The molecule has 0 radical (unpaired) electrons. The summed E-state index contributed by atoms with van der Waals surface area (Å²) in [5.74, 6) is 1.65. The van der Waals surface area contributed by atoms with Gasteiger partial charge in [-0.25, -0.2) is 4.98 Å². The Balaban J connectivity index is 1.67. The topological polar surface area (TPSA) is 46.2 Å². The van der Waals surface area contributed by atoms with Crippen LogP contribution in [-0.2, 0) is 6.42 Å². The highest BCUT2D eigenvalue weighted by Gasteiger charge is 1.99. The van der Waals surface area contributed by atoms with Crippen molar-refractivity contribution in [3.8, 4) is 5.75 Å². The number of aryl methyl sites for hydroxylation is 2. The summed E-state index contributed by atoms with van der Waals surface area (Å²) in [5.41, 5.74) is 2.42. The summed E-state index contributed by atoms with van der Waals surface area (Å²) < 4.78 is 5.15. The number of hydrogen-bond donors (Lipinski definition) is 2. The van der Waals surface area contributed by atoms with Crippen molar-refractivity contribution < 1.29 is 4.74 Å². The normalized spacial score (nSPS) is 10.1. The average molecular weight is 315 g/mol. The van der Waals surface area contributed by atoms with Gasteiger partial charge in [0.15, 0.2) is 5.11 Å². The van der Waals surface area contributed by atoms with E-state index in [1.807, 2.05) is 37.4 Å². The summed E-state index contributed by atoms with van der Waals surface area (Å²) in [6, 6.07) is 12.1. The minimum Gasteiger partial charge on any atom is -0.497 e. The van der Waals surface area contributed by atoms with Gasteiger partial charge in [-0.1, -0.05) is 18.2 Å². The summed E-state index contributed by atoms with van der Waals surface area (Å²) in [7, 11) is 1.68. The van der Waals surface area contributed by atoms with Crippen molar-refractivity contribution >= 4 is 23.1 Å². The van der Waals surface area contributed by atoms with Gasteiger partial charge >= 0.3 is 0 Å². The van der Waals surface area contributed by atoms with Crippen molar-refractivity contribution in [1.29, 1.82) is 0 Å². The molecule has 0 amide bonds. The summed E-state index contributed by atoms with van der Waals surface area (Å²) in [4.78, 5) is 4.26. The Morgan fingerprint density at radius 1 is 1.18 bits per heavy atom. The molecule has 1 aromatic heterocycles. The summed E-state index contributed by atoms with van der Waals surface area (Å²) >= 11 is 5.25. The van der Waals surface area contributed by atoms with Crippen LogP contribution < -0.4 is 15.4 Å². The number of hydrogen-bond acceptors (Lipinski definition) is 3. The molecule has 0 spiro atoms. The van der Waals surface area contributed by atoms with Crippen LogP contribution in [0.25, 0.3) is 0 Å². The molecule has 2 aromatic rings. The lowest BCUT2D eigenvalue weighted by Crippen LogP contribution is -2.29. The zero-order valence-corrected chi connectivity index (χ0v) is 13.7. The van der Waals surface area contributed by atoms with Gasteiger partial charge in [0, 0.05) is 12.7 Å². The highest BCUT2D eigenvalue weighted by atomic mass is 32.1. The van der Waals surface area contributed by atoms with Crippen molar-refractivity contribution in [3.63, 3.8) is 0 Å². The lowest BCUT2D eigenvalue weighted by atomic mass is 10.1. The van der Waals surface area contributed by atoms with Crippen molar-refractivity contribution in [3.05, 3.63) is 53.7 Å². The van der Waals surface area contributed by atoms with Crippen LogP contribution in [0.1, 0.15) is 17.5 Å². The number of rotatable bonds is 6. The highest BCUT2D eigenvalue weighted by molar-refractivity contribution is 7.80. The number of thiocarbonyl (C=S) groups is 1. The average Bonchev–Trinajstić information content (AvgIpc) is 2.54. The fraction of sp³-hybridized carbons (Fsp3) is 0.294. The SMILES string of the molecule is COc1ccc(CCCNC(=S)Nc2ccc(C)cn2)cc1. The number of nitrogens with zero attached hydrogens (tertiary/aromatic N) is 1. The Kier molecular flexibility index (Phi) is 6.15. The van der Waals surface area contributed by atoms with Crippen LogP contribution in [-0.4, -0.2) is 23.8 Å². The smallest absolute Gasteiger partial charge is 0.171 e. The lowest BCUT2D eigenvalue weighted by molar-refractivity contribution is 0.414. The van der Waals surface area contributed by atoms with E-state index in [2.05, 4.69) is 27.8 Å². The van der Waals surface area contributed by atoms with Crippen LogP contribution in [0.2, 0.25) is 0 Å². The molecule has 2 N–H and O–H groups in total. The molecule has 0 saturated carbocycles. The van der Waals surface area contributed by atoms with Crippen LogP contribution in [0.3, 0.4) is 0 Å². The molecule has 0 saturated heterocycles. The van der Waals surface area contributed by atoms with E-state index in [0.29, 0.717) is 5.11 Å². The number of methoxy groups -OCH3 is 1. The maximum Gasteiger partial charge on any atom is 0.171 e. The third-order valence-electron chi connectivity index (χ3n) is 3.24. The molecule has 1 aromatic carbocycles. The van der Waals surface area contributed by atoms with Gasteiger partial charge in [0.25, 0.3) is 0 Å². The number of benzene rings is 1. The Labute approximate surface area is 136 Å². The van der Waals surface area contributed by atoms with Crippen molar-refractivity contribution in [2.75, 3.05) is 19.0 Å². The van der Waals surface area contributed by atoms with Crippen LogP contribution in [0.5, 0.6) is 5.75 Å². The number of pyridine rings is 1. The van der Waals surface area contributed by atoms with Gasteiger partial charge in [-0.2, -0.15) is 0 Å². The molecule has 22 heavy (non-hydrogen) atoms. The van der Waals surface area contributed by atoms with E-state index < -0.39 is 0 Å². The molecular formula is C17H21N3OS. The molecule has 1 heterocycles. The molecular weight excluding hydrogens is 294 g/mol. The van der Waals surface area contributed by atoms with E-state index in [1.165, 1.54) is 5.56 Å². The molecule has 0 fully saturated rings. The highest BCUT2D eigenvalue weighted by Crippen LogP contribution is 2.12. The number of nitrogens with one attached hydrogen (secondary N) is 2. The second-order valence-electron chi connectivity index (χ2n) is 5.05. The Morgan fingerprint density at radius 2 is 1.95 bits per heavy atom. The first kappa shape index (κ1) is 16.2. The maximum atomic E-state index is 5.25. The zero-order valence-electron chi connectivity index (χ0n) is 12.9. The third kappa shape index (κ3) is 5.33. The van der Waals surface area contributed by atoms with Crippen LogP contribution in [0, 0.1) is 6.92 Å². The van der Waals surface area contributed by atoms with E-state index in [-0.39, 0.29) is 0 Å². The second-order valence-corrected chi connectivity index (χ2v) is 5.46. The number of ether oxygens (including phenoxy) is 1. The molecule has 116 valence electrons. The standard InChI is InChI=1S/C17H21N3OS/c1-13-5-10-16(19-12-13)20-17(22)18-11-3-4-14-6-8-15(21-2)9-7-14/h5-10,12H,3-4,11H2,1-2H3,(H2,18,19,20,22). The Morgan fingerprint density at radius 3 is 2.59 bits per heavy atom. The first-order valence-electron chi connectivity index (χ1n) is 7.28. The molecule has 0 aliphatic rings. The first-order chi connectivity index (χ1) is 10.7. The van der Waals surface area contributed by atoms with Crippen LogP contribution in [0.4, 0.5) is 5.82 Å². The van der Waals surface area contributed by atoms with E-state index in [0.717, 1.165) is 36.5 Å². The largest absolute Gasteiger partial charge is 0.497 e. The quantitative estimate of drug-likeness (QED) is 0.632. The zero-order chi connectivity index (χ0) is 15.8. The van der Waals surface area contributed by atoms with Crippen LogP contribution >= 0.6 is 12.2 Å². The van der Waals surface area contributed by atoms with E-state index in [9.17, 15) is 0 Å². The Bertz CT molecular complexity index is 596. The van der Waals surface area contributed by atoms with Gasteiger partial charge in [0.05, 0.1) is 7.11 Å². The molecule has 0 unspecified atom stereocenters. The molecule has 5 heteroatoms. The molecule has 0 atom stereocenters. The van der Waals surface area contributed by atoms with E-state index in [1.54, 1.807) is 7.11 Å². The molecule has 0 aliphatic heterocycles. The Hall–Kier alpha value is -2.14. The van der Waals surface area contributed by atoms with Gasteiger partial charge in [-0.3, -0.25) is 0 Å². The lowest BCUT2D eigenvalue weighted by Gasteiger charge is -2.10. The minimum atomic E-state index is 0.603. The maximum absolute atomic E-state index is 5.25. The predicted molar refractivity (Wildman–Crippen MR) is 94.5 cm³/mol. The fourth-order valence-corrected chi connectivity index (χ4v) is 2.20. The van der Waals surface area contributed by atoms with Crippen molar-refractivity contribution in [2.45, 2.75) is 19.8 Å². The van der Waals surface area contributed by atoms with Gasteiger partial charge in [-0.15, -0.1) is 0 Å². The van der Waals surface area contributed by atoms with Gasteiger partial charge in [0.2, 0.25) is 0 Å². The molecule has 4 nitrogen and oxygen atoms in total. The second kappa shape index (κ2) is 8.34. The minimum absolute atomic E-state index is 0.603. The fourth-order valence-electron chi connectivity index (χ4n) is 1.99.